The van der Waals surface area contributed by atoms with E-state index in [1.807, 2.05) is 54.3 Å². The van der Waals surface area contributed by atoms with Gasteiger partial charge in [0.2, 0.25) is 11.5 Å². The molecule has 1 N–H and O–H groups in total. The molecule has 2 aromatic heterocycles. The molecule has 2 aromatic carbocycles. The maximum Gasteiger partial charge on any atom is 0.245 e. The fraction of sp³-hybridized carbons (Fsp3) is 0.281. The minimum Gasteiger partial charge on any atom is -0.425 e. The van der Waals surface area contributed by atoms with Gasteiger partial charge in [0.25, 0.3) is 0 Å². The van der Waals surface area contributed by atoms with Gasteiger partial charge in [0, 0.05) is 48.0 Å². The van der Waals surface area contributed by atoms with Crippen molar-refractivity contribution >= 4 is 34.9 Å². The number of rotatable bonds is 3. The average molecular weight is 568 g/mol. The van der Waals surface area contributed by atoms with Gasteiger partial charge in [0.1, 0.15) is 0 Å². The zero-order valence-corrected chi connectivity index (χ0v) is 24.3. The first kappa shape index (κ1) is 26.9. The number of carbonyl (C=O) groups is 2. The van der Waals surface area contributed by atoms with Crippen LogP contribution in [0.25, 0.3) is 11.1 Å². The Morgan fingerprint density at radius 1 is 1.07 bits per heavy atom. The van der Waals surface area contributed by atoms with Gasteiger partial charge in [-0.25, -0.2) is 0 Å². The van der Waals surface area contributed by atoms with Gasteiger partial charge in [-0.2, -0.15) is 14.8 Å². The number of fused-ring (bicyclic) bond motifs is 1. The third kappa shape index (κ3) is 4.43. The smallest absolute Gasteiger partial charge is 0.245 e. The Morgan fingerprint density at radius 2 is 1.76 bits per heavy atom. The van der Waals surface area contributed by atoms with Gasteiger partial charge < -0.3 is 4.42 Å². The van der Waals surface area contributed by atoms with Crippen LogP contribution in [0.1, 0.15) is 67.0 Å². The predicted molar refractivity (Wildman–Crippen MR) is 156 cm³/mol. The molecule has 9 heteroatoms. The molecule has 4 aromatic rings. The highest BCUT2D eigenvalue weighted by Gasteiger charge is 2.47. The summed E-state index contributed by atoms with van der Waals surface area (Å²) in [5.41, 5.74) is 4.44. The zero-order valence-electron chi connectivity index (χ0n) is 23.6. The van der Waals surface area contributed by atoms with Crippen LogP contribution in [0.3, 0.4) is 0 Å². The predicted octanol–water partition coefficient (Wildman–Crippen LogP) is 6.87. The number of nitrogens with one attached hydrogen (secondary N) is 1. The number of ketones is 1. The van der Waals surface area contributed by atoms with E-state index in [9.17, 15) is 9.59 Å². The molecule has 0 bridgehead atoms. The number of nitrogens with zero attached hydrogens (tertiary/aromatic N) is 4. The van der Waals surface area contributed by atoms with E-state index in [0.717, 1.165) is 22.4 Å². The zero-order chi connectivity index (χ0) is 29.2. The van der Waals surface area contributed by atoms with Crippen molar-refractivity contribution in [2.24, 2.45) is 5.41 Å². The average Bonchev–Trinajstić information content (AvgIpc) is 3.24. The van der Waals surface area contributed by atoms with E-state index in [-0.39, 0.29) is 22.7 Å². The Morgan fingerprint density at radius 3 is 2.41 bits per heavy atom. The largest absolute Gasteiger partial charge is 0.425 e. The molecular formula is C32H30ClN5O3. The van der Waals surface area contributed by atoms with E-state index >= 15 is 0 Å². The number of hydrogen-bond donors (Lipinski definition) is 1. The van der Waals surface area contributed by atoms with E-state index in [1.165, 1.54) is 11.6 Å². The van der Waals surface area contributed by atoms with Gasteiger partial charge in [-0.3, -0.25) is 19.9 Å². The molecule has 1 aliphatic carbocycles. The minimum atomic E-state index is -0.587. The van der Waals surface area contributed by atoms with Crippen LogP contribution in [0, 0.1) is 24.7 Å². The van der Waals surface area contributed by atoms with Crippen LogP contribution in [-0.2, 0) is 4.79 Å². The molecule has 3 heterocycles. The van der Waals surface area contributed by atoms with Gasteiger partial charge in [-0.05, 0) is 42.0 Å². The SMILES string of the molecule is CC(=O)n1nc(C)c(-c2ccccc2)c1N1C2=C(C(=O)CC(C)(C)C2)C(c2ccc(Cl)cc2)c2c1nc(C)oc2=N. The lowest BCUT2D eigenvalue weighted by Gasteiger charge is -2.44. The second kappa shape index (κ2) is 9.66. The van der Waals surface area contributed by atoms with Crippen molar-refractivity contribution in [3.05, 3.63) is 99.2 Å². The Kier molecular flexibility index (Phi) is 6.34. The summed E-state index contributed by atoms with van der Waals surface area (Å²) in [5.74, 6) is 0.356. The third-order valence-corrected chi connectivity index (χ3v) is 8.02. The van der Waals surface area contributed by atoms with E-state index in [0.29, 0.717) is 52.2 Å². The van der Waals surface area contributed by atoms with Gasteiger partial charge >= 0.3 is 0 Å². The number of aromatic nitrogens is 3. The second-order valence-corrected chi connectivity index (χ2v) is 11.9. The molecule has 0 radical (unpaired) electrons. The van der Waals surface area contributed by atoms with Crippen LogP contribution in [0.5, 0.6) is 0 Å². The highest BCUT2D eigenvalue weighted by molar-refractivity contribution is 6.30. The fourth-order valence-electron chi connectivity index (χ4n) is 6.17. The van der Waals surface area contributed by atoms with Crippen molar-refractivity contribution in [1.29, 1.82) is 5.41 Å². The van der Waals surface area contributed by atoms with Gasteiger partial charge in [0.15, 0.2) is 23.3 Å². The van der Waals surface area contributed by atoms with Crippen molar-refractivity contribution in [2.75, 3.05) is 4.90 Å². The summed E-state index contributed by atoms with van der Waals surface area (Å²) in [6.45, 7) is 9.17. The summed E-state index contributed by atoms with van der Waals surface area (Å²) >= 11 is 6.24. The van der Waals surface area contributed by atoms with Crippen LogP contribution in [0.4, 0.5) is 11.6 Å². The van der Waals surface area contributed by atoms with Crippen LogP contribution in [0.15, 0.2) is 70.3 Å². The van der Waals surface area contributed by atoms with Gasteiger partial charge in [-0.15, -0.1) is 0 Å². The molecule has 1 aliphatic heterocycles. The molecular weight excluding hydrogens is 538 g/mol. The quantitative estimate of drug-likeness (QED) is 0.289. The van der Waals surface area contributed by atoms with Crippen LogP contribution in [-0.4, -0.2) is 26.5 Å². The number of anilines is 2. The molecule has 41 heavy (non-hydrogen) atoms. The molecule has 0 amide bonds. The lowest BCUT2D eigenvalue weighted by Crippen LogP contribution is -2.41. The lowest BCUT2D eigenvalue weighted by atomic mass is 9.68. The molecule has 0 saturated carbocycles. The number of benzene rings is 2. The van der Waals surface area contributed by atoms with Gasteiger partial charge in [0.05, 0.1) is 11.3 Å². The van der Waals surface area contributed by atoms with Crippen LogP contribution < -0.4 is 10.5 Å². The van der Waals surface area contributed by atoms with E-state index in [2.05, 4.69) is 18.9 Å². The summed E-state index contributed by atoms with van der Waals surface area (Å²) in [6.07, 6.45) is 0.896. The summed E-state index contributed by atoms with van der Waals surface area (Å²) in [7, 11) is 0. The Bertz CT molecular complexity index is 1820. The number of allylic oxidation sites excluding steroid dienone is 2. The standard InChI is InChI=1S/C32H30ClN5O3/c1-17-25(20-9-7-6-8-10-20)31(38(36-17)19(3)39)37-23-15-32(4,5)16-24(40)27(23)26(21-11-13-22(33)14-12-21)28-29(34)41-18(2)35-30(28)37/h6-14,26,34H,15-16H2,1-5H3. The number of carbonyl (C=O) groups excluding carboxylic acids is 2. The number of halogens is 1. The fourth-order valence-corrected chi connectivity index (χ4v) is 6.29. The number of hydrogen-bond acceptors (Lipinski definition) is 7. The minimum absolute atomic E-state index is 0.0151. The van der Waals surface area contributed by atoms with Crippen molar-refractivity contribution in [2.45, 2.75) is 53.4 Å². The van der Waals surface area contributed by atoms with Crippen molar-refractivity contribution < 1.29 is 14.0 Å². The topological polar surface area (TPSA) is 105 Å². The molecule has 2 aliphatic rings. The van der Waals surface area contributed by atoms with Crippen molar-refractivity contribution in [3.8, 4) is 11.1 Å². The third-order valence-electron chi connectivity index (χ3n) is 7.77. The Balaban J connectivity index is 1.77. The molecule has 1 atom stereocenters. The highest BCUT2D eigenvalue weighted by atomic mass is 35.5. The summed E-state index contributed by atoms with van der Waals surface area (Å²) in [4.78, 5) is 34.0. The second-order valence-electron chi connectivity index (χ2n) is 11.5. The first-order valence-corrected chi connectivity index (χ1v) is 13.9. The maximum atomic E-state index is 14.1. The molecule has 208 valence electrons. The lowest BCUT2D eigenvalue weighted by molar-refractivity contribution is -0.118. The first-order chi connectivity index (χ1) is 19.5. The Hall–Kier alpha value is -4.30. The van der Waals surface area contributed by atoms with E-state index in [4.69, 9.17) is 26.4 Å². The molecule has 1 unspecified atom stereocenters. The van der Waals surface area contributed by atoms with Crippen LogP contribution >= 0.6 is 11.6 Å². The van der Waals surface area contributed by atoms with Crippen molar-refractivity contribution in [1.82, 2.24) is 14.8 Å². The number of Topliss-reactive ketones (excluding diaryl/α,β-unsaturated/α-hetero) is 1. The molecule has 0 spiro atoms. The van der Waals surface area contributed by atoms with Crippen molar-refractivity contribution in [3.63, 3.8) is 0 Å². The summed E-state index contributed by atoms with van der Waals surface area (Å²) in [6, 6.07) is 17.1. The molecule has 0 saturated heterocycles. The number of aryl methyl sites for hydroxylation is 2. The molecule has 8 nitrogen and oxygen atoms in total. The highest BCUT2D eigenvalue weighted by Crippen LogP contribution is 2.54. The Labute approximate surface area is 242 Å². The normalized spacial score (nSPS) is 17.9. The van der Waals surface area contributed by atoms with E-state index in [1.54, 1.807) is 19.1 Å². The molecule has 0 fully saturated rings. The summed E-state index contributed by atoms with van der Waals surface area (Å²) in [5, 5.41) is 14.2. The van der Waals surface area contributed by atoms with Gasteiger partial charge in [-0.1, -0.05) is 67.9 Å². The first-order valence-electron chi connectivity index (χ1n) is 13.5. The monoisotopic (exact) mass is 567 g/mol. The van der Waals surface area contributed by atoms with E-state index < -0.39 is 5.92 Å². The summed E-state index contributed by atoms with van der Waals surface area (Å²) < 4.78 is 7.15. The molecule has 6 rings (SSSR count). The van der Waals surface area contributed by atoms with Crippen LogP contribution in [0.2, 0.25) is 5.02 Å². The maximum absolute atomic E-state index is 14.1.